The van der Waals surface area contributed by atoms with Crippen LogP contribution >= 0.6 is 22.9 Å². The van der Waals surface area contributed by atoms with E-state index in [-0.39, 0.29) is 11.7 Å². The van der Waals surface area contributed by atoms with Crippen LogP contribution in [0.4, 0.5) is 0 Å². The van der Waals surface area contributed by atoms with Crippen molar-refractivity contribution in [2.45, 2.75) is 0 Å². The van der Waals surface area contributed by atoms with Crippen molar-refractivity contribution >= 4 is 38.8 Å². The molecule has 0 spiro atoms. The van der Waals surface area contributed by atoms with Crippen LogP contribution in [0, 0.1) is 0 Å². The molecule has 0 amide bonds. The van der Waals surface area contributed by atoms with E-state index in [1.807, 2.05) is 29.6 Å². The average Bonchev–Trinajstić information content (AvgIpc) is 2.63. The number of halogens is 1. The second kappa shape index (κ2) is 3.48. The number of carbonyl (C=O) groups is 1. The van der Waals surface area contributed by atoms with Crippen LogP contribution in [-0.2, 0) is 0 Å². The predicted octanol–water partition coefficient (Wildman–Crippen LogP) is 3.32. The van der Waals surface area contributed by atoms with E-state index in [1.165, 1.54) is 0 Å². The van der Waals surface area contributed by atoms with Crippen LogP contribution in [0.25, 0.3) is 10.1 Å². The Morgan fingerprint density at radius 1 is 1.38 bits per heavy atom. The molecule has 1 heterocycles. The molecule has 3 heteroatoms. The van der Waals surface area contributed by atoms with Gasteiger partial charge in [-0.05, 0) is 22.9 Å². The van der Waals surface area contributed by atoms with Crippen molar-refractivity contribution in [3.05, 3.63) is 35.2 Å². The molecule has 0 N–H and O–H groups in total. The normalized spacial score (nSPS) is 10.5. The number of ketones is 1. The van der Waals surface area contributed by atoms with Gasteiger partial charge in [0.1, 0.15) is 0 Å². The number of thiophene rings is 1. The number of carbonyl (C=O) groups excluding carboxylic acids is 1. The third-order valence-electron chi connectivity index (χ3n) is 1.90. The summed E-state index contributed by atoms with van der Waals surface area (Å²) in [6, 6.07) is 7.71. The van der Waals surface area contributed by atoms with Gasteiger partial charge < -0.3 is 0 Å². The molecule has 2 aromatic rings. The highest BCUT2D eigenvalue weighted by atomic mass is 35.5. The molecule has 0 unspecified atom stereocenters. The van der Waals surface area contributed by atoms with Gasteiger partial charge in [-0.3, -0.25) is 4.79 Å². The van der Waals surface area contributed by atoms with Crippen molar-refractivity contribution in [1.82, 2.24) is 0 Å². The maximum absolute atomic E-state index is 11.4. The summed E-state index contributed by atoms with van der Waals surface area (Å²) >= 11 is 7.09. The smallest absolute Gasteiger partial charge is 0.179 e. The van der Waals surface area contributed by atoms with E-state index >= 15 is 0 Å². The predicted molar refractivity (Wildman–Crippen MR) is 56.9 cm³/mol. The summed E-state index contributed by atoms with van der Waals surface area (Å²) in [5, 5.41) is 3.09. The standard InChI is InChI=1S/C10H7ClOS/c11-6-9(12)8-3-1-2-7-4-5-13-10(7)8/h1-5H,6H2. The zero-order chi connectivity index (χ0) is 9.26. The van der Waals surface area contributed by atoms with Gasteiger partial charge in [0.15, 0.2) is 5.78 Å². The van der Waals surface area contributed by atoms with E-state index in [1.54, 1.807) is 11.3 Å². The molecule has 66 valence electrons. The molecule has 0 saturated carbocycles. The molecule has 2 rings (SSSR count). The van der Waals surface area contributed by atoms with Crippen LogP contribution in [0.3, 0.4) is 0 Å². The van der Waals surface area contributed by atoms with Gasteiger partial charge in [-0.1, -0.05) is 12.1 Å². The zero-order valence-corrected chi connectivity index (χ0v) is 8.36. The molecule has 0 aliphatic rings. The molecule has 1 aromatic carbocycles. The molecule has 0 radical (unpaired) electrons. The summed E-state index contributed by atoms with van der Waals surface area (Å²) in [4.78, 5) is 11.4. The molecular weight excluding hydrogens is 204 g/mol. The van der Waals surface area contributed by atoms with E-state index in [0.717, 1.165) is 15.6 Å². The number of hydrogen-bond donors (Lipinski definition) is 0. The molecular formula is C10H7ClOS. The van der Waals surface area contributed by atoms with E-state index in [9.17, 15) is 4.79 Å². The Hall–Kier alpha value is -0.860. The lowest BCUT2D eigenvalue weighted by atomic mass is 10.1. The van der Waals surface area contributed by atoms with Crippen LogP contribution in [0.2, 0.25) is 0 Å². The molecule has 0 fully saturated rings. The fraction of sp³-hybridized carbons (Fsp3) is 0.100. The van der Waals surface area contributed by atoms with Crippen LogP contribution in [0.15, 0.2) is 29.6 Å². The number of alkyl halides is 1. The van der Waals surface area contributed by atoms with E-state index in [4.69, 9.17) is 11.6 Å². The van der Waals surface area contributed by atoms with Gasteiger partial charge >= 0.3 is 0 Å². The van der Waals surface area contributed by atoms with E-state index < -0.39 is 0 Å². The van der Waals surface area contributed by atoms with Gasteiger partial charge in [-0.25, -0.2) is 0 Å². The van der Waals surface area contributed by atoms with Crippen molar-refractivity contribution in [1.29, 1.82) is 0 Å². The Balaban J connectivity index is 2.67. The van der Waals surface area contributed by atoms with Crippen LogP contribution in [0.5, 0.6) is 0 Å². The topological polar surface area (TPSA) is 17.1 Å². The molecule has 1 nitrogen and oxygen atoms in total. The van der Waals surface area contributed by atoms with E-state index in [0.29, 0.717) is 0 Å². The summed E-state index contributed by atoms with van der Waals surface area (Å²) in [6.07, 6.45) is 0. The summed E-state index contributed by atoms with van der Waals surface area (Å²) in [5.74, 6) is 0.0477. The average molecular weight is 211 g/mol. The van der Waals surface area contributed by atoms with Crippen LogP contribution < -0.4 is 0 Å². The van der Waals surface area contributed by atoms with E-state index in [2.05, 4.69) is 0 Å². The number of rotatable bonds is 2. The maximum Gasteiger partial charge on any atom is 0.179 e. The fourth-order valence-corrected chi connectivity index (χ4v) is 2.36. The first kappa shape index (κ1) is 8.73. The first-order valence-electron chi connectivity index (χ1n) is 3.88. The maximum atomic E-state index is 11.4. The van der Waals surface area contributed by atoms with Crippen molar-refractivity contribution in [2.24, 2.45) is 0 Å². The molecule has 0 aliphatic heterocycles. The Labute approximate surface area is 84.9 Å². The Bertz CT molecular complexity index is 447. The first-order chi connectivity index (χ1) is 6.33. The van der Waals surface area contributed by atoms with Gasteiger partial charge in [0.2, 0.25) is 0 Å². The van der Waals surface area contributed by atoms with Gasteiger partial charge in [-0.15, -0.1) is 22.9 Å². The lowest BCUT2D eigenvalue weighted by molar-refractivity contribution is 0.102. The highest BCUT2D eigenvalue weighted by Gasteiger charge is 2.08. The largest absolute Gasteiger partial charge is 0.293 e. The van der Waals surface area contributed by atoms with Crippen LogP contribution in [0.1, 0.15) is 10.4 Å². The third kappa shape index (κ3) is 1.47. The number of hydrogen-bond acceptors (Lipinski definition) is 2. The first-order valence-corrected chi connectivity index (χ1v) is 5.29. The minimum atomic E-state index is -0.00489. The number of Topliss-reactive ketones (excluding diaryl/α,β-unsaturated/α-hetero) is 1. The van der Waals surface area contributed by atoms with Gasteiger partial charge in [0.05, 0.1) is 5.88 Å². The quantitative estimate of drug-likeness (QED) is 0.549. The lowest BCUT2D eigenvalue weighted by Crippen LogP contribution is -1.99. The highest BCUT2D eigenvalue weighted by Crippen LogP contribution is 2.25. The SMILES string of the molecule is O=C(CCl)c1cccc2ccsc12. The molecule has 0 aliphatic carbocycles. The van der Waals surface area contributed by atoms with Crippen molar-refractivity contribution in [3.63, 3.8) is 0 Å². The van der Waals surface area contributed by atoms with Crippen LogP contribution in [-0.4, -0.2) is 11.7 Å². The minimum absolute atomic E-state index is 0.00489. The zero-order valence-electron chi connectivity index (χ0n) is 6.79. The molecule has 0 bridgehead atoms. The fourth-order valence-electron chi connectivity index (χ4n) is 1.28. The highest BCUT2D eigenvalue weighted by molar-refractivity contribution is 7.17. The molecule has 0 saturated heterocycles. The van der Waals surface area contributed by atoms with Crippen molar-refractivity contribution < 1.29 is 4.79 Å². The minimum Gasteiger partial charge on any atom is -0.293 e. The molecule has 0 atom stereocenters. The van der Waals surface area contributed by atoms with Gasteiger partial charge in [-0.2, -0.15) is 0 Å². The summed E-state index contributed by atoms with van der Waals surface area (Å²) in [5.41, 5.74) is 0.738. The molecule has 13 heavy (non-hydrogen) atoms. The second-order valence-corrected chi connectivity index (χ2v) is 3.88. The Morgan fingerprint density at radius 3 is 3.00 bits per heavy atom. The van der Waals surface area contributed by atoms with Gasteiger partial charge in [0.25, 0.3) is 0 Å². The van der Waals surface area contributed by atoms with Crippen molar-refractivity contribution in [2.75, 3.05) is 5.88 Å². The Kier molecular flexibility index (Phi) is 2.34. The van der Waals surface area contributed by atoms with Gasteiger partial charge in [0, 0.05) is 10.3 Å². The summed E-state index contributed by atoms with van der Waals surface area (Å²) < 4.78 is 1.04. The lowest BCUT2D eigenvalue weighted by Gasteiger charge is -1.97. The number of benzene rings is 1. The number of fused-ring (bicyclic) bond motifs is 1. The Morgan fingerprint density at radius 2 is 2.23 bits per heavy atom. The van der Waals surface area contributed by atoms with Crippen molar-refractivity contribution in [3.8, 4) is 0 Å². The summed E-state index contributed by atoms with van der Waals surface area (Å²) in [7, 11) is 0. The monoisotopic (exact) mass is 210 g/mol. The third-order valence-corrected chi connectivity index (χ3v) is 3.11. The summed E-state index contributed by atoms with van der Waals surface area (Å²) in [6.45, 7) is 0. The second-order valence-electron chi connectivity index (χ2n) is 2.70. The molecule has 1 aromatic heterocycles.